The Morgan fingerprint density at radius 2 is 2.11 bits per heavy atom. The highest BCUT2D eigenvalue weighted by atomic mass is 19.1. The molecule has 18 heavy (non-hydrogen) atoms. The van der Waals surface area contributed by atoms with Crippen LogP contribution in [0, 0.1) is 17.1 Å². The van der Waals surface area contributed by atoms with Crippen LogP contribution in [0.1, 0.15) is 31.2 Å². The number of anilines is 1. The summed E-state index contributed by atoms with van der Waals surface area (Å²) < 4.78 is 13.1. The van der Waals surface area contributed by atoms with Crippen LogP contribution in [-0.4, -0.2) is 24.3 Å². The second kappa shape index (κ2) is 4.95. The SMILES string of the molecule is CN(CC1(O)CCCC1)c1ccc(F)cc1C#N. The Labute approximate surface area is 106 Å². The first-order valence-electron chi connectivity index (χ1n) is 6.17. The van der Waals surface area contributed by atoms with E-state index in [1.165, 1.54) is 12.1 Å². The van der Waals surface area contributed by atoms with Gasteiger partial charge in [-0.25, -0.2) is 4.39 Å². The second-order valence-corrected chi connectivity index (χ2v) is 5.06. The number of aliphatic hydroxyl groups is 1. The molecule has 96 valence electrons. The van der Waals surface area contributed by atoms with Crippen molar-refractivity contribution >= 4 is 5.69 Å². The van der Waals surface area contributed by atoms with Gasteiger partial charge >= 0.3 is 0 Å². The highest BCUT2D eigenvalue weighted by Gasteiger charge is 2.32. The van der Waals surface area contributed by atoms with Gasteiger partial charge in [-0.2, -0.15) is 5.26 Å². The number of benzene rings is 1. The van der Waals surface area contributed by atoms with Gasteiger partial charge in [0.05, 0.1) is 16.9 Å². The van der Waals surface area contributed by atoms with Crippen LogP contribution in [0.3, 0.4) is 0 Å². The van der Waals surface area contributed by atoms with Crippen molar-refractivity contribution < 1.29 is 9.50 Å². The predicted octanol–water partition coefficient (Wildman–Crippen LogP) is 2.44. The average Bonchev–Trinajstić information content (AvgIpc) is 2.75. The highest BCUT2D eigenvalue weighted by Crippen LogP contribution is 2.31. The number of nitriles is 1. The molecule has 0 aromatic heterocycles. The molecule has 1 aromatic rings. The fourth-order valence-electron chi connectivity index (χ4n) is 2.65. The Balaban J connectivity index is 2.18. The van der Waals surface area contributed by atoms with Gasteiger partial charge in [-0.3, -0.25) is 0 Å². The zero-order chi connectivity index (χ0) is 13.2. The van der Waals surface area contributed by atoms with Gasteiger partial charge in [0, 0.05) is 13.6 Å². The molecule has 0 amide bonds. The van der Waals surface area contributed by atoms with Gasteiger partial charge in [0.1, 0.15) is 11.9 Å². The van der Waals surface area contributed by atoms with Gasteiger partial charge < -0.3 is 10.0 Å². The first-order valence-corrected chi connectivity index (χ1v) is 6.17. The number of nitrogens with zero attached hydrogens (tertiary/aromatic N) is 2. The van der Waals surface area contributed by atoms with Gasteiger partial charge in [-0.1, -0.05) is 12.8 Å². The molecule has 1 saturated carbocycles. The highest BCUT2D eigenvalue weighted by molar-refractivity contribution is 5.59. The maximum absolute atomic E-state index is 13.1. The summed E-state index contributed by atoms with van der Waals surface area (Å²) in [5, 5.41) is 19.4. The molecule has 0 aliphatic heterocycles. The van der Waals surface area contributed by atoms with Crippen LogP contribution in [0.2, 0.25) is 0 Å². The standard InChI is InChI=1S/C14H17FN2O/c1-17(10-14(18)6-2-3-7-14)13-5-4-12(15)8-11(13)9-16/h4-5,8,18H,2-3,6-7,10H2,1H3. The quantitative estimate of drug-likeness (QED) is 0.893. The first-order chi connectivity index (χ1) is 8.54. The number of rotatable bonds is 3. The topological polar surface area (TPSA) is 47.3 Å². The molecule has 1 fully saturated rings. The molecule has 0 unspecified atom stereocenters. The molecule has 3 nitrogen and oxygen atoms in total. The van der Waals surface area contributed by atoms with E-state index in [1.807, 2.05) is 18.0 Å². The van der Waals surface area contributed by atoms with Crippen LogP contribution in [-0.2, 0) is 0 Å². The van der Waals surface area contributed by atoms with Crippen LogP contribution in [0.15, 0.2) is 18.2 Å². The van der Waals surface area contributed by atoms with E-state index < -0.39 is 11.4 Å². The van der Waals surface area contributed by atoms with E-state index in [9.17, 15) is 9.50 Å². The van der Waals surface area contributed by atoms with E-state index in [2.05, 4.69) is 0 Å². The summed E-state index contributed by atoms with van der Waals surface area (Å²) in [5.74, 6) is -0.414. The molecular formula is C14H17FN2O. The van der Waals surface area contributed by atoms with Crippen LogP contribution in [0.25, 0.3) is 0 Å². The summed E-state index contributed by atoms with van der Waals surface area (Å²) in [7, 11) is 1.82. The number of hydrogen-bond acceptors (Lipinski definition) is 3. The minimum atomic E-state index is -0.671. The maximum Gasteiger partial charge on any atom is 0.124 e. The molecule has 0 heterocycles. The summed E-state index contributed by atoms with van der Waals surface area (Å²) in [6.45, 7) is 0.479. The molecule has 4 heteroatoms. The van der Waals surface area contributed by atoms with Gasteiger partial charge in [0.25, 0.3) is 0 Å². The Bertz CT molecular complexity index is 475. The van der Waals surface area contributed by atoms with Crippen molar-refractivity contribution in [1.29, 1.82) is 5.26 Å². The van der Waals surface area contributed by atoms with E-state index in [4.69, 9.17) is 5.26 Å². The molecule has 1 aliphatic carbocycles. The smallest absolute Gasteiger partial charge is 0.124 e. The fourth-order valence-corrected chi connectivity index (χ4v) is 2.65. The van der Waals surface area contributed by atoms with Gasteiger partial charge in [0.15, 0.2) is 0 Å². The van der Waals surface area contributed by atoms with Crippen molar-refractivity contribution in [3.63, 3.8) is 0 Å². The summed E-state index contributed by atoms with van der Waals surface area (Å²) in [5.41, 5.74) is 0.300. The zero-order valence-electron chi connectivity index (χ0n) is 10.5. The molecular weight excluding hydrogens is 231 g/mol. The molecule has 0 saturated heterocycles. The minimum Gasteiger partial charge on any atom is -0.388 e. The van der Waals surface area contributed by atoms with Crippen molar-refractivity contribution in [3.05, 3.63) is 29.6 Å². The van der Waals surface area contributed by atoms with Crippen molar-refractivity contribution in [2.45, 2.75) is 31.3 Å². The normalized spacial score (nSPS) is 17.4. The van der Waals surface area contributed by atoms with Crippen LogP contribution in [0.4, 0.5) is 10.1 Å². The Kier molecular flexibility index (Phi) is 3.53. The lowest BCUT2D eigenvalue weighted by molar-refractivity contribution is 0.0559. The van der Waals surface area contributed by atoms with E-state index in [-0.39, 0.29) is 0 Å². The lowest BCUT2D eigenvalue weighted by Crippen LogP contribution is -2.39. The van der Waals surface area contributed by atoms with E-state index >= 15 is 0 Å². The monoisotopic (exact) mass is 248 g/mol. The largest absolute Gasteiger partial charge is 0.388 e. The number of hydrogen-bond donors (Lipinski definition) is 1. The third-order valence-electron chi connectivity index (χ3n) is 3.56. The lowest BCUT2D eigenvalue weighted by Gasteiger charge is -2.30. The Morgan fingerprint density at radius 3 is 2.72 bits per heavy atom. The van der Waals surface area contributed by atoms with E-state index in [1.54, 1.807) is 6.07 Å². The van der Waals surface area contributed by atoms with Crippen molar-refractivity contribution in [1.82, 2.24) is 0 Å². The van der Waals surface area contributed by atoms with Crippen LogP contribution >= 0.6 is 0 Å². The molecule has 0 spiro atoms. The number of likely N-dealkylation sites (N-methyl/N-ethyl adjacent to an activating group) is 1. The number of halogens is 1. The van der Waals surface area contributed by atoms with Crippen LogP contribution in [0.5, 0.6) is 0 Å². The van der Waals surface area contributed by atoms with Gasteiger partial charge in [0.2, 0.25) is 0 Å². The molecule has 1 aromatic carbocycles. The van der Waals surface area contributed by atoms with Crippen LogP contribution < -0.4 is 4.90 Å². The molecule has 0 bridgehead atoms. The van der Waals surface area contributed by atoms with Gasteiger partial charge in [-0.15, -0.1) is 0 Å². The molecule has 0 radical (unpaired) electrons. The van der Waals surface area contributed by atoms with Crippen molar-refractivity contribution in [3.8, 4) is 6.07 Å². The second-order valence-electron chi connectivity index (χ2n) is 5.06. The fraction of sp³-hybridized carbons (Fsp3) is 0.500. The predicted molar refractivity (Wildman–Crippen MR) is 67.8 cm³/mol. The third kappa shape index (κ3) is 2.62. The maximum atomic E-state index is 13.1. The van der Waals surface area contributed by atoms with Crippen molar-refractivity contribution in [2.24, 2.45) is 0 Å². The summed E-state index contributed by atoms with van der Waals surface area (Å²) in [4.78, 5) is 1.84. The molecule has 1 N–H and O–H groups in total. The van der Waals surface area contributed by atoms with Crippen molar-refractivity contribution in [2.75, 3.05) is 18.5 Å². The van der Waals surface area contributed by atoms with E-state index in [0.717, 1.165) is 25.7 Å². The van der Waals surface area contributed by atoms with Gasteiger partial charge in [-0.05, 0) is 31.0 Å². The summed E-state index contributed by atoms with van der Waals surface area (Å²) in [6, 6.07) is 6.15. The molecule has 2 rings (SSSR count). The third-order valence-corrected chi connectivity index (χ3v) is 3.56. The first kappa shape index (κ1) is 12.8. The Hall–Kier alpha value is -1.60. The Morgan fingerprint density at radius 1 is 1.44 bits per heavy atom. The lowest BCUT2D eigenvalue weighted by atomic mass is 10.0. The summed E-state index contributed by atoms with van der Waals surface area (Å²) >= 11 is 0. The zero-order valence-corrected chi connectivity index (χ0v) is 10.5. The molecule has 0 atom stereocenters. The average molecular weight is 248 g/mol. The minimum absolute atomic E-state index is 0.305. The molecule has 1 aliphatic rings. The summed E-state index contributed by atoms with van der Waals surface area (Å²) in [6.07, 6.45) is 3.67. The van der Waals surface area contributed by atoms with E-state index in [0.29, 0.717) is 17.8 Å².